The Morgan fingerprint density at radius 3 is 2.05 bits per heavy atom. The number of benzene rings is 2. The summed E-state index contributed by atoms with van der Waals surface area (Å²) in [6.45, 7) is 1.65. The minimum Gasteiger partial charge on any atom is -0.289 e. The van der Waals surface area contributed by atoms with Crippen molar-refractivity contribution in [1.29, 1.82) is 0 Å². The Morgan fingerprint density at radius 2 is 1.43 bits per heavy atom. The summed E-state index contributed by atoms with van der Waals surface area (Å²) >= 11 is 1.20. The summed E-state index contributed by atoms with van der Waals surface area (Å²) in [5.41, 5.74) is 1.31. The maximum Gasteiger partial charge on any atom is 0.200 e. The highest BCUT2D eigenvalue weighted by Gasteiger charge is 2.30. The maximum absolute atomic E-state index is 12.9. The van der Waals surface area contributed by atoms with E-state index in [1.165, 1.54) is 23.9 Å². The van der Waals surface area contributed by atoms with E-state index in [2.05, 4.69) is 0 Å². The van der Waals surface area contributed by atoms with E-state index in [9.17, 15) is 14.0 Å². The van der Waals surface area contributed by atoms with Crippen LogP contribution in [0.3, 0.4) is 0 Å². The Hall–Kier alpha value is -2.20. The number of carbonyl (C=O) groups excluding carboxylic acids is 2. The Labute approximate surface area is 125 Å². The van der Waals surface area contributed by atoms with Crippen molar-refractivity contribution in [2.45, 2.75) is 11.8 Å². The number of allylic oxidation sites excluding steroid dienone is 2. The van der Waals surface area contributed by atoms with Gasteiger partial charge in [-0.2, -0.15) is 0 Å². The largest absolute Gasteiger partial charge is 0.289 e. The van der Waals surface area contributed by atoms with E-state index in [-0.39, 0.29) is 17.4 Å². The maximum atomic E-state index is 12.9. The van der Waals surface area contributed by atoms with Gasteiger partial charge in [0.2, 0.25) is 5.78 Å². The second-order valence-electron chi connectivity index (χ2n) is 4.71. The van der Waals surface area contributed by atoms with Gasteiger partial charge in [0.15, 0.2) is 5.78 Å². The minimum atomic E-state index is -0.332. The highest BCUT2D eigenvalue weighted by molar-refractivity contribution is 8.04. The van der Waals surface area contributed by atoms with Gasteiger partial charge in [0.1, 0.15) is 5.82 Å². The Kier molecular flexibility index (Phi) is 3.47. The number of halogens is 1. The molecule has 0 saturated carbocycles. The summed E-state index contributed by atoms with van der Waals surface area (Å²) in [4.78, 5) is 26.0. The molecule has 0 heterocycles. The molecule has 0 aliphatic heterocycles. The van der Waals surface area contributed by atoms with E-state index in [0.717, 1.165) is 4.90 Å². The summed E-state index contributed by atoms with van der Waals surface area (Å²) in [5, 5.41) is 0. The van der Waals surface area contributed by atoms with Crippen LogP contribution in [0.15, 0.2) is 63.9 Å². The van der Waals surface area contributed by atoms with Crippen LogP contribution in [0.25, 0.3) is 0 Å². The molecule has 2 aromatic rings. The van der Waals surface area contributed by atoms with E-state index in [1.54, 1.807) is 43.3 Å². The van der Waals surface area contributed by atoms with Crippen molar-refractivity contribution in [3.63, 3.8) is 0 Å². The molecule has 1 aliphatic carbocycles. The average Bonchev–Trinajstić information content (AvgIpc) is 2.51. The number of hydrogen-bond acceptors (Lipinski definition) is 3. The first-order valence-electron chi connectivity index (χ1n) is 6.40. The summed E-state index contributed by atoms with van der Waals surface area (Å²) < 4.78 is 12.9. The molecule has 1 aliphatic rings. The highest BCUT2D eigenvalue weighted by atomic mass is 32.2. The molecule has 0 radical (unpaired) electrons. The molecule has 0 fully saturated rings. The molecule has 0 N–H and O–H groups in total. The van der Waals surface area contributed by atoms with Crippen molar-refractivity contribution in [2.24, 2.45) is 0 Å². The first-order valence-corrected chi connectivity index (χ1v) is 7.22. The smallest absolute Gasteiger partial charge is 0.200 e. The van der Waals surface area contributed by atoms with Gasteiger partial charge in [0.25, 0.3) is 0 Å². The van der Waals surface area contributed by atoms with E-state index in [0.29, 0.717) is 21.6 Å². The molecule has 0 spiro atoms. The lowest BCUT2D eigenvalue weighted by Gasteiger charge is -2.18. The van der Waals surface area contributed by atoms with Gasteiger partial charge in [0.05, 0.1) is 4.91 Å². The third-order valence-electron chi connectivity index (χ3n) is 3.34. The summed E-state index contributed by atoms with van der Waals surface area (Å²) in [6.07, 6.45) is 0. The van der Waals surface area contributed by atoms with Crippen molar-refractivity contribution in [2.75, 3.05) is 0 Å². The third kappa shape index (κ3) is 2.43. The second kappa shape index (κ2) is 5.30. The number of carbonyl (C=O) groups is 2. The number of fused-ring (bicyclic) bond motifs is 1. The van der Waals surface area contributed by atoms with Crippen LogP contribution in [-0.4, -0.2) is 11.6 Å². The van der Waals surface area contributed by atoms with Crippen LogP contribution in [0.2, 0.25) is 0 Å². The monoisotopic (exact) mass is 298 g/mol. The van der Waals surface area contributed by atoms with Crippen LogP contribution in [0.5, 0.6) is 0 Å². The number of hydrogen-bond donors (Lipinski definition) is 0. The highest BCUT2D eigenvalue weighted by Crippen LogP contribution is 2.36. The summed E-state index contributed by atoms with van der Waals surface area (Å²) in [7, 11) is 0. The van der Waals surface area contributed by atoms with E-state index in [1.807, 2.05) is 0 Å². The predicted molar refractivity (Wildman–Crippen MR) is 80.1 cm³/mol. The third-order valence-corrected chi connectivity index (χ3v) is 4.54. The van der Waals surface area contributed by atoms with Gasteiger partial charge in [-0.1, -0.05) is 36.0 Å². The van der Waals surface area contributed by atoms with Gasteiger partial charge >= 0.3 is 0 Å². The molecule has 2 aromatic carbocycles. The van der Waals surface area contributed by atoms with Crippen molar-refractivity contribution in [1.82, 2.24) is 0 Å². The topological polar surface area (TPSA) is 34.1 Å². The van der Waals surface area contributed by atoms with Gasteiger partial charge < -0.3 is 0 Å². The minimum absolute atomic E-state index is 0.130. The molecule has 2 nitrogen and oxygen atoms in total. The van der Waals surface area contributed by atoms with Gasteiger partial charge in [-0.25, -0.2) is 4.39 Å². The lowest BCUT2D eigenvalue weighted by Crippen LogP contribution is -2.19. The van der Waals surface area contributed by atoms with E-state index < -0.39 is 0 Å². The van der Waals surface area contributed by atoms with Crippen molar-refractivity contribution in [3.05, 3.63) is 76.0 Å². The summed E-state index contributed by atoms with van der Waals surface area (Å²) in [5.74, 6) is -0.617. The number of ketones is 2. The first-order chi connectivity index (χ1) is 10.1. The van der Waals surface area contributed by atoms with Gasteiger partial charge in [-0.05, 0) is 31.2 Å². The van der Waals surface area contributed by atoms with Crippen molar-refractivity contribution in [3.8, 4) is 0 Å². The fourth-order valence-corrected chi connectivity index (χ4v) is 3.18. The molecular formula is C17H11FO2S. The molecule has 21 heavy (non-hydrogen) atoms. The normalized spacial score (nSPS) is 14.4. The zero-order valence-corrected chi connectivity index (χ0v) is 12.0. The molecule has 0 atom stereocenters. The fraction of sp³-hybridized carbons (Fsp3) is 0.0588. The predicted octanol–water partition coefficient (Wildman–Crippen LogP) is 4.27. The van der Waals surface area contributed by atoms with Gasteiger partial charge in [-0.3, -0.25) is 9.59 Å². The Bertz CT molecular complexity index is 776. The van der Waals surface area contributed by atoms with Crippen molar-refractivity contribution < 1.29 is 14.0 Å². The van der Waals surface area contributed by atoms with Gasteiger partial charge in [-0.15, -0.1) is 0 Å². The SMILES string of the molecule is CC1=C(Sc2ccc(F)cc2)C(=O)c2ccccc2C1=O. The molecular weight excluding hydrogens is 287 g/mol. The molecule has 0 saturated heterocycles. The number of thioether (sulfide) groups is 1. The number of Topliss-reactive ketones (excluding diaryl/α,β-unsaturated/α-hetero) is 2. The zero-order valence-electron chi connectivity index (χ0n) is 11.2. The summed E-state index contributed by atoms with van der Waals surface area (Å²) in [6, 6.07) is 12.7. The Morgan fingerprint density at radius 1 is 0.857 bits per heavy atom. The quantitative estimate of drug-likeness (QED) is 0.830. The zero-order chi connectivity index (χ0) is 15.0. The lowest BCUT2D eigenvalue weighted by molar-refractivity contribution is 0.0981. The van der Waals surface area contributed by atoms with Crippen LogP contribution >= 0.6 is 11.8 Å². The molecule has 4 heteroatoms. The van der Waals surface area contributed by atoms with E-state index in [4.69, 9.17) is 0 Å². The number of rotatable bonds is 2. The van der Waals surface area contributed by atoms with Crippen LogP contribution < -0.4 is 0 Å². The van der Waals surface area contributed by atoms with E-state index >= 15 is 0 Å². The first kappa shape index (κ1) is 13.8. The fourth-order valence-electron chi connectivity index (χ4n) is 2.22. The van der Waals surface area contributed by atoms with Crippen LogP contribution in [0.4, 0.5) is 4.39 Å². The average molecular weight is 298 g/mol. The van der Waals surface area contributed by atoms with Crippen molar-refractivity contribution >= 4 is 23.3 Å². The standard InChI is InChI=1S/C17H11FO2S/c1-10-15(19)13-4-2-3-5-14(13)16(20)17(10)21-12-8-6-11(18)7-9-12/h2-9H,1H3. The second-order valence-corrected chi connectivity index (χ2v) is 5.80. The van der Waals surface area contributed by atoms with Crippen LogP contribution in [0, 0.1) is 5.82 Å². The lowest BCUT2D eigenvalue weighted by atomic mass is 9.90. The molecule has 0 amide bonds. The van der Waals surface area contributed by atoms with Gasteiger partial charge in [0, 0.05) is 21.6 Å². The molecule has 3 rings (SSSR count). The molecule has 0 aromatic heterocycles. The molecule has 104 valence electrons. The molecule has 0 unspecified atom stereocenters. The van der Waals surface area contributed by atoms with Crippen LogP contribution in [-0.2, 0) is 0 Å². The van der Waals surface area contributed by atoms with Crippen LogP contribution in [0.1, 0.15) is 27.6 Å². The Balaban J connectivity index is 2.02. The molecule has 0 bridgehead atoms.